The molecular formula is C15H34N2. The van der Waals surface area contributed by atoms with E-state index in [1.165, 1.54) is 0 Å². The lowest BCUT2D eigenvalue weighted by atomic mass is 9.93. The van der Waals surface area contributed by atoms with Crippen LogP contribution in [0.5, 0.6) is 0 Å². The molecule has 0 aromatic carbocycles. The van der Waals surface area contributed by atoms with Gasteiger partial charge in [-0.2, -0.15) is 0 Å². The maximum absolute atomic E-state index is 3.59. The average Bonchev–Trinajstić information content (AvgIpc) is 2.07. The third-order valence-electron chi connectivity index (χ3n) is 2.97. The van der Waals surface area contributed by atoms with Crippen LogP contribution in [-0.4, -0.2) is 37.6 Å². The zero-order valence-corrected chi connectivity index (χ0v) is 13.3. The molecule has 0 radical (unpaired) electrons. The molecule has 0 aliphatic heterocycles. The molecule has 0 saturated carbocycles. The molecule has 104 valence electrons. The number of likely N-dealkylation sites (N-methyl/N-ethyl adjacent to an activating group) is 1. The smallest absolute Gasteiger partial charge is 0.0240 e. The monoisotopic (exact) mass is 242 g/mol. The number of hydrogen-bond donors (Lipinski definition) is 1. The van der Waals surface area contributed by atoms with E-state index in [0.29, 0.717) is 17.4 Å². The van der Waals surface area contributed by atoms with Gasteiger partial charge in [0, 0.05) is 19.1 Å². The van der Waals surface area contributed by atoms with E-state index in [0.717, 1.165) is 25.6 Å². The number of nitrogens with one attached hydrogen (secondary N) is 1. The van der Waals surface area contributed by atoms with Gasteiger partial charge in [-0.1, -0.05) is 48.5 Å². The second kappa shape index (κ2) is 7.38. The summed E-state index contributed by atoms with van der Waals surface area (Å²) in [4.78, 5) is 2.51. The molecule has 0 aliphatic rings. The normalized spacial score (nSPS) is 15.0. The summed E-state index contributed by atoms with van der Waals surface area (Å²) in [6.07, 6.45) is 0. The van der Waals surface area contributed by atoms with Crippen molar-refractivity contribution in [2.24, 2.45) is 17.3 Å². The molecule has 0 fully saturated rings. The molecular weight excluding hydrogens is 208 g/mol. The number of nitrogens with zero attached hydrogens (tertiary/aromatic N) is 1. The largest absolute Gasteiger partial charge is 0.315 e. The van der Waals surface area contributed by atoms with Crippen LogP contribution in [-0.2, 0) is 0 Å². The first kappa shape index (κ1) is 16.9. The Bertz CT molecular complexity index is 192. The molecule has 0 aromatic rings. The van der Waals surface area contributed by atoms with Gasteiger partial charge in [0.25, 0.3) is 0 Å². The van der Waals surface area contributed by atoms with Crippen LogP contribution in [0.15, 0.2) is 0 Å². The highest BCUT2D eigenvalue weighted by atomic mass is 15.2. The van der Waals surface area contributed by atoms with Crippen molar-refractivity contribution in [1.82, 2.24) is 10.2 Å². The highest BCUT2D eigenvalue weighted by Crippen LogP contribution is 2.18. The van der Waals surface area contributed by atoms with Gasteiger partial charge in [0.05, 0.1) is 0 Å². The SMILES string of the molecule is CC(C)CNCC(C(C)C)N(C)CC(C)(C)C. The van der Waals surface area contributed by atoms with Crippen LogP contribution in [0.2, 0.25) is 0 Å². The van der Waals surface area contributed by atoms with Gasteiger partial charge in [-0.15, -0.1) is 0 Å². The summed E-state index contributed by atoms with van der Waals surface area (Å²) >= 11 is 0. The number of rotatable bonds is 7. The second-order valence-electron chi connectivity index (χ2n) is 7.34. The maximum Gasteiger partial charge on any atom is 0.0240 e. The van der Waals surface area contributed by atoms with Gasteiger partial charge in [0.2, 0.25) is 0 Å². The van der Waals surface area contributed by atoms with E-state index >= 15 is 0 Å². The summed E-state index contributed by atoms with van der Waals surface area (Å²) in [5, 5.41) is 3.59. The molecule has 0 amide bonds. The Morgan fingerprint density at radius 2 is 1.53 bits per heavy atom. The van der Waals surface area contributed by atoms with Crippen molar-refractivity contribution >= 4 is 0 Å². The van der Waals surface area contributed by atoms with Gasteiger partial charge >= 0.3 is 0 Å². The Hall–Kier alpha value is -0.0800. The third kappa shape index (κ3) is 8.62. The van der Waals surface area contributed by atoms with Crippen LogP contribution >= 0.6 is 0 Å². The Morgan fingerprint density at radius 3 is 1.88 bits per heavy atom. The molecule has 0 heterocycles. The van der Waals surface area contributed by atoms with Gasteiger partial charge in [0.1, 0.15) is 0 Å². The zero-order valence-electron chi connectivity index (χ0n) is 13.3. The summed E-state index contributed by atoms with van der Waals surface area (Å²) < 4.78 is 0. The van der Waals surface area contributed by atoms with Crippen LogP contribution < -0.4 is 5.32 Å². The zero-order chi connectivity index (χ0) is 13.6. The van der Waals surface area contributed by atoms with Crippen LogP contribution in [0.25, 0.3) is 0 Å². The van der Waals surface area contributed by atoms with Crippen LogP contribution in [0.3, 0.4) is 0 Å². The number of hydrogen-bond acceptors (Lipinski definition) is 2. The van der Waals surface area contributed by atoms with Gasteiger partial charge in [-0.25, -0.2) is 0 Å². The van der Waals surface area contributed by atoms with E-state index in [4.69, 9.17) is 0 Å². The van der Waals surface area contributed by atoms with E-state index in [1.54, 1.807) is 0 Å². The van der Waals surface area contributed by atoms with Gasteiger partial charge in [0.15, 0.2) is 0 Å². The Kier molecular flexibility index (Phi) is 7.34. The Balaban J connectivity index is 4.22. The van der Waals surface area contributed by atoms with E-state index < -0.39 is 0 Å². The summed E-state index contributed by atoms with van der Waals surface area (Å²) in [7, 11) is 2.26. The molecule has 2 heteroatoms. The van der Waals surface area contributed by atoms with E-state index in [1.807, 2.05) is 0 Å². The summed E-state index contributed by atoms with van der Waals surface area (Å²) in [6, 6.07) is 0.632. The summed E-state index contributed by atoms with van der Waals surface area (Å²) in [5.41, 5.74) is 0.375. The van der Waals surface area contributed by atoms with Crippen molar-refractivity contribution in [1.29, 1.82) is 0 Å². The van der Waals surface area contributed by atoms with Gasteiger partial charge in [-0.3, -0.25) is 0 Å². The predicted molar refractivity (Wildman–Crippen MR) is 78.4 cm³/mol. The van der Waals surface area contributed by atoms with E-state index in [2.05, 4.69) is 65.7 Å². The van der Waals surface area contributed by atoms with E-state index in [9.17, 15) is 0 Å². The first-order valence-corrected chi connectivity index (χ1v) is 7.04. The second-order valence-corrected chi connectivity index (χ2v) is 7.34. The molecule has 0 rings (SSSR count). The maximum atomic E-state index is 3.59. The molecule has 1 N–H and O–H groups in total. The van der Waals surface area contributed by atoms with Crippen molar-refractivity contribution in [3.8, 4) is 0 Å². The van der Waals surface area contributed by atoms with Crippen molar-refractivity contribution < 1.29 is 0 Å². The summed E-state index contributed by atoms with van der Waals surface area (Å²) in [6.45, 7) is 19.5. The highest BCUT2D eigenvalue weighted by molar-refractivity contribution is 4.78. The quantitative estimate of drug-likeness (QED) is 0.737. The first-order valence-electron chi connectivity index (χ1n) is 7.04. The molecule has 0 aromatic heterocycles. The molecule has 2 nitrogen and oxygen atoms in total. The van der Waals surface area contributed by atoms with Crippen molar-refractivity contribution in [3.05, 3.63) is 0 Å². The fourth-order valence-electron chi connectivity index (χ4n) is 2.29. The molecule has 0 bridgehead atoms. The lowest BCUT2D eigenvalue weighted by Crippen LogP contribution is -2.47. The Morgan fingerprint density at radius 1 is 1.00 bits per heavy atom. The van der Waals surface area contributed by atoms with Gasteiger partial charge < -0.3 is 10.2 Å². The molecule has 0 spiro atoms. The minimum absolute atomic E-state index is 0.375. The van der Waals surface area contributed by atoms with Crippen LogP contribution in [0.4, 0.5) is 0 Å². The fourth-order valence-corrected chi connectivity index (χ4v) is 2.29. The summed E-state index contributed by atoms with van der Waals surface area (Å²) in [5.74, 6) is 1.43. The third-order valence-corrected chi connectivity index (χ3v) is 2.97. The average molecular weight is 242 g/mol. The highest BCUT2D eigenvalue weighted by Gasteiger charge is 2.22. The van der Waals surface area contributed by atoms with E-state index in [-0.39, 0.29) is 0 Å². The predicted octanol–water partition coefficient (Wildman–Crippen LogP) is 3.23. The standard InChI is InChI=1S/C15H34N2/c1-12(2)9-16-10-14(13(3)4)17(8)11-15(5,6)7/h12-14,16H,9-11H2,1-8H3. The van der Waals surface area contributed by atoms with Crippen molar-refractivity contribution in [2.45, 2.75) is 54.5 Å². The molecule has 17 heavy (non-hydrogen) atoms. The topological polar surface area (TPSA) is 15.3 Å². The van der Waals surface area contributed by atoms with Crippen LogP contribution in [0, 0.1) is 17.3 Å². The van der Waals surface area contributed by atoms with Crippen molar-refractivity contribution in [2.75, 3.05) is 26.7 Å². The minimum Gasteiger partial charge on any atom is -0.315 e. The lowest BCUT2D eigenvalue weighted by Gasteiger charge is -2.36. The van der Waals surface area contributed by atoms with Crippen LogP contribution in [0.1, 0.15) is 48.5 Å². The fraction of sp³-hybridized carbons (Fsp3) is 1.00. The minimum atomic E-state index is 0.375. The molecule has 1 atom stereocenters. The lowest BCUT2D eigenvalue weighted by molar-refractivity contribution is 0.136. The molecule has 0 saturated heterocycles. The first-order chi connectivity index (χ1) is 7.63. The Labute approximate surface area is 109 Å². The van der Waals surface area contributed by atoms with Gasteiger partial charge in [-0.05, 0) is 30.8 Å². The molecule has 0 aliphatic carbocycles. The molecule has 1 unspecified atom stereocenters. The van der Waals surface area contributed by atoms with Crippen molar-refractivity contribution in [3.63, 3.8) is 0 Å².